The van der Waals surface area contributed by atoms with E-state index in [0.29, 0.717) is 10.6 Å². The molecule has 0 aliphatic rings. The third-order valence-electron chi connectivity index (χ3n) is 1.62. The van der Waals surface area contributed by atoms with Crippen molar-refractivity contribution in [2.24, 2.45) is 5.73 Å². The quantitative estimate of drug-likeness (QED) is 0.691. The van der Waals surface area contributed by atoms with Crippen molar-refractivity contribution < 1.29 is 5.11 Å². The average Bonchev–Trinajstić information content (AvgIpc) is 2.03. The molecule has 0 aliphatic heterocycles. The first-order valence-corrected chi connectivity index (χ1v) is 3.90. The van der Waals surface area contributed by atoms with Gasteiger partial charge in [-0.25, -0.2) is 0 Å². The van der Waals surface area contributed by atoms with Gasteiger partial charge in [0.1, 0.15) is 5.75 Å². The number of hydrogen-bond donors (Lipinski definition) is 2. The van der Waals surface area contributed by atoms with E-state index in [1.54, 1.807) is 18.2 Å². The smallest absolute Gasteiger partial charge is 0.122 e. The monoisotopic (exact) mass is 183 g/mol. The summed E-state index contributed by atoms with van der Waals surface area (Å²) in [6, 6.07) is 4.47. The molecule has 0 bridgehead atoms. The van der Waals surface area contributed by atoms with Crippen LogP contribution in [0.2, 0.25) is 5.02 Å². The maximum absolute atomic E-state index is 9.38. The fraction of sp³-hybridized carbons (Fsp3) is 0.111. The lowest BCUT2D eigenvalue weighted by Crippen LogP contribution is -2.07. The van der Waals surface area contributed by atoms with E-state index in [4.69, 9.17) is 17.3 Å². The van der Waals surface area contributed by atoms with E-state index in [1.165, 1.54) is 6.08 Å². The van der Waals surface area contributed by atoms with Gasteiger partial charge in [-0.2, -0.15) is 0 Å². The van der Waals surface area contributed by atoms with Gasteiger partial charge in [0.05, 0.1) is 6.04 Å². The molecule has 0 saturated heterocycles. The highest BCUT2D eigenvalue weighted by atomic mass is 35.5. The molecule has 64 valence electrons. The Balaban J connectivity index is 3.20. The highest BCUT2D eigenvalue weighted by Crippen LogP contribution is 2.30. The minimum Gasteiger partial charge on any atom is -0.508 e. The van der Waals surface area contributed by atoms with Crippen LogP contribution in [0.15, 0.2) is 30.9 Å². The van der Waals surface area contributed by atoms with Crippen LogP contribution < -0.4 is 5.73 Å². The molecule has 0 heterocycles. The van der Waals surface area contributed by atoms with Gasteiger partial charge in [0.25, 0.3) is 0 Å². The molecular formula is C9H10ClNO. The van der Waals surface area contributed by atoms with Crippen LogP contribution in [-0.2, 0) is 0 Å². The van der Waals surface area contributed by atoms with Crippen LogP contribution in [-0.4, -0.2) is 5.11 Å². The van der Waals surface area contributed by atoms with E-state index in [9.17, 15) is 5.11 Å². The van der Waals surface area contributed by atoms with Gasteiger partial charge < -0.3 is 10.8 Å². The molecule has 1 aromatic rings. The summed E-state index contributed by atoms with van der Waals surface area (Å²) >= 11 is 5.82. The van der Waals surface area contributed by atoms with Gasteiger partial charge in [0.2, 0.25) is 0 Å². The standard InChI is InChI=1S/C9H10ClNO/c1-2-7(11)9-6(10)4-3-5-8(9)12/h2-5,7,12H,1,11H2/t7-/m1/s1. The SMILES string of the molecule is C=C[C@@H](N)c1c(O)cccc1Cl. The van der Waals surface area contributed by atoms with Crippen molar-refractivity contribution in [3.63, 3.8) is 0 Å². The number of phenolic OH excluding ortho intramolecular Hbond substituents is 1. The molecule has 0 fully saturated rings. The Labute approximate surface area is 76.3 Å². The fourth-order valence-corrected chi connectivity index (χ4v) is 1.27. The van der Waals surface area contributed by atoms with Crippen molar-refractivity contribution in [2.75, 3.05) is 0 Å². The van der Waals surface area contributed by atoms with Crippen molar-refractivity contribution in [3.05, 3.63) is 41.4 Å². The summed E-state index contributed by atoms with van der Waals surface area (Å²) in [5.74, 6) is 0.106. The first-order chi connectivity index (χ1) is 5.66. The summed E-state index contributed by atoms with van der Waals surface area (Å²) in [5, 5.41) is 9.84. The molecule has 3 heteroatoms. The predicted octanol–water partition coefficient (Wildman–Crippen LogP) is 2.23. The van der Waals surface area contributed by atoms with Gasteiger partial charge in [-0.3, -0.25) is 0 Å². The molecule has 3 N–H and O–H groups in total. The number of aromatic hydroxyl groups is 1. The van der Waals surface area contributed by atoms with E-state index in [-0.39, 0.29) is 5.75 Å². The summed E-state index contributed by atoms with van der Waals surface area (Å²) in [6.45, 7) is 3.52. The van der Waals surface area contributed by atoms with E-state index in [2.05, 4.69) is 6.58 Å². The Morgan fingerprint density at radius 2 is 2.25 bits per heavy atom. The minimum atomic E-state index is -0.418. The maximum atomic E-state index is 9.38. The highest BCUT2D eigenvalue weighted by molar-refractivity contribution is 6.31. The number of benzene rings is 1. The van der Waals surface area contributed by atoms with Gasteiger partial charge >= 0.3 is 0 Å². The maximum Gasteiger partial charge on any atom is 0.122 e. The van der Waals surface area contributed by atoms with Crippen LogP contribution in [0.1, 0.15) is 11.6 Å². The topological polar surface area (TPSA) is 46.2 Å². The summed E-state index contributed by atoms with van der Waals surface area (Å²) < 4.78 is 0. The van der Waals surface area contributed by atoms with Gasteiger partial charge in [-0.15, -0.1) is 6.58 Å². The number of hydrogen-bond acceptors (Lipinski definition) is 2. The third kappa shape index (κ3) is 1.60. The Morgan fingerprint density at radius 1 is 1.58 bits per heavy atom. The highest BCUT2D eigenvalue weighted by Gasteiger charge is 2.10. The lowest BCUT2D eigenvalue weighted by Gasteiger charge is -2.10. The Hall–Kier alpha value is -0.990. The summed E-state index contributed by atoms with van der Waals surface area (Å²) in [4.78, 5) is 0. The lowest BCUT2D eigenvalue weighted by molar-refractivity contribution is 0.466. The number of phenols is 1. The second kappa shape index (κ2) is 3.61. The van der Waals surface area contributed by atoms with Crippen LogP contribution in [0.4, 0.5) is 0 Å². The van der Waals surface area contributed by atoms with Crippen molar-refractivity contribution in [3.8, 4) is 5.75 Å². The Bertz CT molecular complexity index is 278. The molecule has 1 aromatic carbocycles. The number of rotatable bonds is 2. The molecule has 0 unspecified atom stereocenters. The first kappa shape index (κ1) is 9.10. The second-order valence-electron chi connectivity index (χ2n) is 2.43. The van der Waals surface area contributed by atoms with Crippen LogP contribution >= 0.6 is 11.6 Å². The van der Waals surface area contributed by atoms with Crippen molar-refractivity contribution in [1.29, 1.82) is 0 Å². The van der Waals surface area contributed by atoms with Gasteiger partial charge in [-0.05, 0) is 12.1 Å². The second-order valence-corrected chi connectivity index (χ2v) is 2.84. The average molecular weight is 184 g/mol. The van der Waals surface area contributed by atoms with Crippen LogP contribution in [0.25, 0.3) is 0 Å². The molecule has 1 rings (SSSR count). The van der Waals surface area contributed by atoms with Gasteiger partial charge in [0.15, 0.2) is 0 Å². The lowest BCUT2D eigenvalue weighted by atomic mass is 10.1. The van der Waals surface area contributed by atoms with Gasteiger partial charge in [-0.1, -0.05) is 23.7 Å². The fourth-order valence-electron chi connectivity index (χ4n) is 0.973. The Kier molecular flexibility index (Phi) is 2.74. The summed E-state index contributed by atoms with van der Waals surface area (Å²) in [5.41, 5.74) is 6.16. The minimum absolute atomic E-state index is 0.106. The van der Waals surface area contributed by atoms with E-state index >= 15 is 0 Å². The van der Waals surface area contributed by atoms with Gasteiger partial charge in [0, 0.05) is 10.6 Å². The Morgan fingerprint density at radius 3 is 2.75 bits per heavy atom. The number of nitrogens with two attached hydrogens (primary N) is 1. The zero-order valence-electron chi connectivity index (χ0n) is 6.50. The van der Waals surface area contributed by atoms with E-state index in [1.807, 2.05) is 0 Å². The van der Waals surface area contributed by atoms with E-state index in [0.717, 1.165) is 0 Å². The zero-order valence-corrected chi connectivity index (χ0v) is 7.25. The molecule has 1 atom stereocenters. The van der Waals surface area contributed by atoms with Crippen LogP contribution in [0, 0.1) is 0 Å². The molecule has 12 heavy (non-hydrogen) atoms. The molecule has 2 nitrogen and oxygen atoms in total. The van der Waals surface area contributed by atoms with Crippen molar-refractivity contribution in [1.82, 2.24) is 0 Å². The van der Waals surface area contributed by atoms with Crippen molar-refractivity contribution in [2.45, 2.75) is 6.04 Å². The predicted molar refractivity (Wildman–Crippen MR) is 50.2 cm³/mol. The molecular weight excluding hydrogens is 174 g/mol. The molecule has 0 radical (unpaired) electrons. The summed E-state index contributed by atoms with van der Waals surface area (Å²) in [7, 11) is 0. The molecule has 0 aliphatic carbocycles. The largest absolute Gasteiger partial charge is 0.508 e. The molecule has 0 amide bonds. The number of halogens is 1. The first-order valence-electron chi connectivity index (χ1n) is 3.52. The van der Waals surface area contributed by atoms with Crippen LogP contribution in [0.3, 0.4) is 0 Å². The normalized spacial score (nSPS) is 12.5. The van der Waals surface area contributed by atoms with Crippen LogP contribution in [0.5, 0.6) is 5.75 Å². The third-order valence-corrected chi connectivity index (χ3v) is 1.95. The molecule has 0 spiro atoms. The van der Waals surface area contributed by atoms with Crippen molar-refractivity contribution >= 4 is 11.6 Å². The zero-order chi connectivity index (χ0) is 9.14. The molecule has 0 saturated carbocycles. The summed E-state index contributed by atoms with van der Waals surface area (Å²) in [6.07, 6.45) is 1.53. The van der Waals surface area contributed by atoms with E-state index < -0.39 is 6.04 Å². The molecule has 0 aromatic heterocycles.